The van der Waals surface area contributed by atoms with Crippen molar-refractivity contribution in [2.75, 3.05) is 5.32 Å². The van der Waals surface area contributed by atoms with E-state index in [4.69, 9.17) is 5.26 Å². The Bertz CT molecular complexity index is 436. The summed E-state index contributed by atoms with van der Waals surface area (Å²) in [6, 6.07) is 2.43. The maximum Gasteiger partial charge on any atom is 0.391 e. The van der Waals surface area contributed by atoms with Crippen LogP contribution in [-0.4, -0.2) is 22.2 Å². The fourth-order valence-electron chi connectivity index (χ4n) is 1.31. The number of nitriles is 1. The predicted octanol–water partition coefficient (Wildman–Crippen LogP) is 2.41. The second-order valence-corrected chi connectivity index (χ2v) is 3.69. The van der Waals surface area contributed by atoms with Crippen molar-refractivity contribution in [3.63, 3.8) is 0 Å². The maximum absolute atomic E-state index is 12.1. The van der Waals surface area contributed by atoms with Crippen molar-refractivity contribution in [2.24, 2.45) is 0 Å². The average Bonchev–Trinajstić information content (AvgIpc) is 2.13. The van der Waals surface area contributed by atoms with Crippen molar-refractivity contribution in [1.29, 1.82) is 5.26 Å². The fraction of sp³-hybridized carbons (Fsp3) is 0.500. The molecule has 0 bridgehead atoms. The third kappa shape index (κ3) is 4.68. The highest BCUT2D eigenvalue weighted by Gasteiger charge is 2.30. The van der Waals surface area contributed by atoms with E-state index in [0.717, 1.165) is 0 Å². The van der Waals surface area contributed by atoms with Gasteiger partial charge in [0.25, 0.3) is 0 Å². The molecule has 0 radical (unpaired) electrons. The molecule has 92 valence electrons. The van der Waals surface area contributed by atoms with Gasteiger partial charge in [-0.15, -0.1) is 0 Å². The van der Waals surface area contributed by atoms with Crippen molar-refractivity contribution >= 4 is 5.95 Å². The van der Waals surface area contributed by atoms with Crippen molar-refractivity contribution < 1.29 is 13.2 Å². The number of hydrogen-bond acceptors (Lipinski definition) is 4. The lowest BCUT2D eigenvalue weighted by Gasteiger charge is -2.15. The van der Waals surface area contributed by atoms with Crippen molar-refractivity contribution in [2.45, 2.75) is 32.5 Å². The highest BCUT2D eigenvalue weighted by Crippen LogP contribution is 2.22. The first-order valence-electron chi connectivity index (χ1n) is 4.89. The maximum atomic E-state index is 12.1. The van der Waals surface area contributed by atoms with Gasteiger partial charge in [-0.05, 0) is 19.9 Å². The van der Waals surface area contributed by atoms with E-state index >= 15 is 0 Å². The zero-order valence-electron chi connectivity index (χ0n) is 9.34. The van der Waals surface area contributed by atoms with E-state index in [9.17, 15) is 13.2 Å². The van der Waals surface area contributed by atoms with Crippen LogP contribution in [0.3, 0.4) is 0 Å². The molecule has 4 nitrogen and oxygen atoms in total. The SMILES string of the molecule is Cc1cc(C#N)nc(NC(C)CC(F)(F)F)n1. The van der Waals surface area contributed by atoms with E-state index in [2.05, 4.69) is 15.3 Å². The van der Waals surface area contributed by atoms with E-state index in [-0.39, 0.29) is 11.6 Å². The van der Waals surface area contributed by atoms with Gasteiger partial charge in [0.2, 0.25) is 5.95 Å². The lowest BCUT2D eigenvalue weighted by Crippen LogP contribution is -2.25. The third-order valence-corrected chi connectivity index (χ3v) is 1.88. The van der Waals surface area contributed by atoms with Gasteiger partial charge in [0.15, 0.2) is 0 Å². The molecule has 0 aromatic carbocycles. The van der Waals surface area contributed by atoms with Gasteiger partial charge in [0, 0.05) is 11.7 Å². The molecule has 17 heavy (non-hydrogen) atoms. The lowest BCUT2D eigenvalue weighted by molar-refractivity contribution is -0.136. The number of hydrogen-bond donors (Lipinski definition) is 1. The van der Waals surface area contributed by atoms with Gasteiger partial charge in [-0.25, -0.2) is 9.97 Å². The number of rotatable bonds is 3. The summed E-state index contributed by atoms with van der Waals surface area (Å²) in [7, 11) is 0. The molecule has 0 aliphatic rings. The first-order chi connectivity index (χ1) is 7.80. The molecule has 0 spiro atoms. The number of nitrogens with one attached hydrogen (secondary N) is 1. The molecule has 1 aromatic heterocycles. The van der Waals surface area contributed by atoms with Gasteiger partial charge >= 0.3 is 6.18 Å². The van der Waals surface area contributed by atoms with Gasteiger partial charge in [-0.2, -0.15) is 18.4 Å². The summed E-state index contributed by atoms with van der Waals surface area (Å²) in [5.41, 5.74) is 0.650. The average molecular weight is 244 g/mol. The van der Waals surface area contributed by atoms with Crippen LogP contribution in [0.25, 0.3) is 0 Å². The molecule has 1 N–H and O–H groups in total. The standard InChI is InChI=1S/C10H11F3N4/c1-6-3-8(5-14)17-9(15-6)16-7(2)4-10(11,12)13/h3,7H,4H2,1-2H3,(H,15,16,17). The Morgan fingerprint density at radius 2 is 2.12 bits per heavy atom. The summed E-state index contributed by atoms with van der Waals surface area (Å²) in [6.07, 6.45) is -5.22. The van der Waals surface area contributed by atoms with Crippen LogP contribution in [-0.2, 0) is 0 Å². The van der Waals surface area contributed by atoms with Crippen molar-refractivity contribution in [1.82, 2.24) is 9.97 Å². The van der Waals surface area contributed by atoms with E-state index < -0.39 is 18.6 Å². The van der Waals surface area contributed by atoms with Gasteiger partial charge in [0.1, 0.15) is 11.8 Å². The molecule has 1 aromatic rings. The second-order valence-electron chi connectivity index (χ2n) is 3.69. The number of halogens is 3. The Hall–Kier alpha value is -1.84. The number of alkyl halides is 3. The second kappa shape index (κ2) is 4.99. The summed E-state index contributed by atoms with van der Waals surface area (Å²) in [5, 5.41) is 11.2. The van der Waals surface area contributed by atoms with Gasteiger partial charge in [-0.3, -0.25) is 0 Å². The predicted molar refractivity (Wildman–Crippen MR) is 55.2 cm³/mol. The molecule has 7 heteroatoms. The van der Waals surface area contributed by atoms with Crippen LogP contribution in [0.15, 0.2) is 6.07 Å². The Morgan fingerprint density at radius 1 is 1.47 bits per heavy atom. The fourth-order valence-corrected chi connectivity index (χ4v) is 1.31. The minimum Gasteiger partial charge on any atom is -0.351 e. The minimum atomic E-state index is -4.24. The molecule has 1 heterocycles. The number of nitrogens with zero attached hydrogens (tertiary/aromatic N) is 3. The molecule has 1 unspecified atom stereocenters. The summed E-state index contributed by atoms with van der Waals surface area (Å²) in [4.78, 5) is 7.68. The monoisotopic (exact) mass is 244 g/mol. The molecule has 1 rings (SSSR count). The van der Waals surface area contributed by atoms with Crippen LogP contribution < -0.4 is 5.32 Å². The summed E-state index contributed by atoms with van der Waals surface area (Å²) in [6.45, 7) is 3.02. The molecule has 0 aliphatic carbocycles. The Labute approximate surface area is 96.5 Å². The smallest absolute Gasteiger partial charge is 0.351 e. The van der Waals surface area contributed by atoms with Gasteiger partial charge < -0.3 is 5.32 Å². The molecule has 0 saturated carbocycles. The van der Waals surface area contributed by atoms with E-state index in [0.29, 0.717) is 5.69 Å². The number of anilines is 1. The highest BCUT2D eigenvalue weighted by atomic mass is 19.4. The molecule has 0 fully saturated rings. The first kappa shape index (κ1) is 13.2. The zero-order chi connectivity index (χ0) is 13.1. The molecule has 1 atom stereocenters. The molecular formula is C10H11F3N4. The highest BCUT2D eigenvalue weighted by molar-refractivity contribution is 5.33. The van der Waals surface area contributed by atoms with Gasteiger partial charge in [-0.1, -0.05) is 0 Å². The normalized spacial score (nSPS) is 12.9. The van der Waals surface area contributed by atoms with Crippen LogP contribution >= 0.6 is 0 Å². The Kier molecular flexibility index (Phi) is 3.89. The van der Waals surface area contributed by atoms with Crippen molar-refractivity contribution in [3.05, 3.63) is 17.5 Å². The zero-order valence-corrected chi connectivity index (χ0v) is 9.34. The van der Waals surface area contributed by atoms with E-state index in [1.54, 1.807) is 6.92 Å². The lowest BCUT2D eigenvalue weighted by atomic mass is 10.2. The summed E-state index contributed by atoms with van der Waals surface area (Å²) >= 11 is 0. The summed E-state index contributed by atoms with van der Waals surface area (Å²) in [5.74, 6) is 0.0401. The quantitative estimate of drug-likeness (QED) is 0.886. The van der Waals surface area contributed by atoms with Crippen LogP contribution in [0.4, 0.5) is 19.1 Å². The number of aromatic nitrogens is 2. The van der Waals surface area contributed by atoms with Crippen LogP contribution in [0.5, 0.6) is 0 Å². The van der Waals surface area contributed by atoms with Crippen LogP contribution in [0.1, 0.15) is 24.7 Å². The molecular weight excluding hydrogens is 233 g/mol. The molecule has 0 saturated heterocycles. The minimum absolute atomic E-state index is 0.0401. The summed E-state index contributed by atoms with van der Waals surface area (Å²) < 4.78 is 36.3. The van der Waals surface area contributed by atoms with E-state index in [1.807, 2.05) is 6.07 Å². The first-order valence-corrected chi connectivity index (χ1v) is 4.89. The molecule has 0 aliphatic heterocycles. The Balaban J connectivity index is 2.75. The van der Waals surface area contributed by atoms with Crippen LogP contribution in [0.2, 0.25) is 0 Å². The largest absolute Gasteiger partial charge is 0.391 e. The van der Waals surface area contributed by atoms with Crippen LogP contribution in [0, 0.1) is 18.3 Å². The third-order valence-electron chi connectivity index (χ3n) is 1.88. The number of aryl methyl sites for hydroxylation is 1. The van der Waals surface area contributed by atoms with Gasteiger partial charge in [0.05, 0.1) is 6.42 Å². The Morgan fingerprint density at radius 3 is 2.65 bits per heavy atom. The molecule has 0 amide bonds. The van der Waals surface area contributed by atoms with E-state index in [1.165, 1.54) is 13.0 Å². The van der Waals surface area contributed by atoms with Crippen molar-refractivity contribution in [3.8, 4) is 6.07 Å². The topological polar surface area (TPSA) is 61.6 Å².